The van der Waals surface area contributed by atoms with E-state index < -0.39 is 5.97 Å². The van der Waals surface area contributed by atoms with Crippen molar-refractivity contribution in [3.63, 3.8) is 0 Å². The number of carbonyl (C=O) groups is 2. The van der Waals surface area contributed by atoms with Crippen molar-refractivity contribution in [1.82, 2.24) is 0 Å². The Hall–Kier alpha value is -3.32. The Morgan fingerprint density at radius 3 is 2.53 bits per heavy atom. The lowest BCUT2D eigenvalue weighted by molar-refractivity contribution is -0.118. The Kier molecular flexibility index (Phi) is 7.53. The predicted octanol–water partition coefficient (Wildman–Crippen LogP) is 5.54. The highest BCUT2D eigenvalue weighted by Gasteiger charge is 2.24. The molecule has 0 aliphatic rings. The third-order valence-electron chi connectivity index (χ3n) is 5.08. The zero-order valence-electron chi connectivity index (χ0n) is 18.9. The number of amides is 1. The van der Waals surface area contributed by atoms with E-state index in [0.717, 1.165) is 22.3 Å². The number of hydrogen-bond acceptors (Lipinski definition) is 6. The summed E-state index contributed by atoms with van der Waals surface area (Å²) in [4.78, 5) is 25.4. The monoisotopic (exact) mass is 453 g/mol. The number of anilines is 1. The highest BCUT2D eigenvalue weighted by molar-refractivity contribution is 7.15. The van der Waals surface area contributed by atoms with Gasteiger partial charge in [0, 0.05) is 16.5 Å². The van der Waals surface area contributed by atoms with Crippen LogP contribution >= 0.6 is 11.3 Å². The number of carbonyl (C=O) groups excluding carboxylic acids is 2. The predicted molar refractivity (Wildman–Crippen MR) is 127 cm³/mol. The molecule has 0 radical (unpaired) electrons. The van der Waals surface area contributed by atoms with Crippen LogP contribution in [0.2, 0.25) is 0 Å². The molecule has 168 valence electrons. The fourth-order valence-electron chi connectivity index (χ4n) is 3.27. The van der Waals surface area contributed by atoms with Gasteiger partial charge in [-0.05, 0) is 57.0 Å². The molecule has 3 rings (SSSR count). The molecule has 0 fully saturated rings. The molecule has 1 amide bonds. The molecule has 0 spiro atoms. The smallest absolute Gasteiger partial charge is 0.341 e. The number of methoxy groups -OCH3 is 1. The van der Waals surface area contributed by atoms with Crippen LogP contribution in [0, 0.1) is 20.8 Å². The Bertz CT molecular complexity index is 1140. The maximum Gasteiger partial charge on any atom is 0.341 e. The van der Waals surface area contributed by atoms with Crippen molar-refractivity contribution in [3.8, 4) is 22.6 Å². The number of esters is 1. The first-order valence-corrected chi connectivity index (χ1v) is 11.2. The molecule has 0 bridgehead atoms. The largest absolute Gasteiger partial charge is 0.496 e. The van der Waals surface area contributed by atoms with Gasteiger partial charge in [0.2, 0.25) is 0 Å². The number of benzene rings is 2. The van der Waals surface area contributed by atoms with Crippen molar-refractivity contribution in [2.45, 2.75) is 27.7 Å². The molecule has 0 atom stereocenters. The van der Waals surface area contributed by atoms with Crippen LogP contribution in [0.25, 0.3) is 11.1 Å². The van der Waals surface area contributed by atoms with Gasteiger partial charge in [-0.1, -0.05) is 23.8 Å². The van der Waals surface area contributed by atoms with Gasteiger partial charge in [0.25, 0.3) is 5.91 Å². The summed E-state index contributed by atoms with van der Waals surface area (Å²) < 4.78 is 16.5. The SMILES string of the molecule is CCOC(=O)c1c(-c2cc(C)ccc2OC)csc1NC(=O)COc1cccc(C)c1C. The Balaban J connectivity index is 1.88. The standard InChI is InChI=1S/C25H27NO5S/c1-6-30-25(28)23-19(18-12-15(2)10-11-21(18)29-5)14-32-24(23)26-22(27)13-31-20-9-7-8-16(3)17(20)4/h7-12,14H,6,13H2,1-5H3,(H,26,27). The van der Waals surface area contributed by atoms with Crippen molar-refractivity contribution in [2.75, 3.05) is 25.6 Å². The molecule has 1 heterocycles. The van der Waals surface area contributed by atoms with Gasteiger partial charge in [-0.25, -0.2) is 4.79 Å². The number of rotatable bonds is 8. The Labute approximate surface area is 192 Å². The van der Waals surface area contributed by atoms with E-state index in [0.29, 0.717) is 27.6 Å². The zero-order chi connectivity index (χ0) is 23.3. The second-order valence-corrected chi connectivity index (χ2v) is 8.19. The molecule has 0 aliphatic heterocycles. The van der Waals surface area contributed by atoms with Crippen molar-refractivity contribution in [3.05, 3.63) is 64.0 Å². The lowest BCUT2D eigenvalue weighted by atomic mass is 10.0. The molecule has 1 N–H and O–H groups in total. The van der Waals surface area contributed by atoms with E-state index in [1.54, 1.807) is 14.0 Å². The lowest BCUT2D eigenvalue weighted by Gasteiger charge is -2.13. The minimum atomic E-state index is -0.502. The molecular weight excluding hydrogens is 426 g/mol. The average molecular weight is 454 g/mol. The minimum Gasteiger partial charge on any atom is -0.496 e. The van der Waals surface area contributed by atoms with Crippen LogP contribution < -0.4 is 14.8 Å². The van der Waals surface area contributed by atoms with Crippen molar-refractivity contribution in [2.24, 2.45) is 0 Å². The van der Waals surface area contributed by atoms with Crippen LogP contribution in [0.4, 0.5) is 5.00 Å². The van der Waals surface area contributed by atoms with Gasteiger partial charge in [0.05, 0.1) is 13.7 Å². The van der Waals surface area contributed by atoms with Gasteiger partial charge < -0.3 is 19.5 Å². The molecular formula is C25H27NO5S. The van der Waals surface area contributed by atoms with Crippen molar-refractivity contribution >= 4 is 28.2 Å². The van der Waals surface area contributed by atoms with Gasteiger partial charge in [0.15, 0.2) is 6.61 Å². The highest BCUT2D eigenvalue weighted by Crippen LogP contribution is 2.40. The molecule has 1 aromatic heterocycles. The summed E-state index contributed by atoms with van der Waals surface area (Å²) in [7, 11) is 1.58. The lowest BCUT2D eigenvalue weighted by Crippen LogP contribution is -2.21. The van der Waals surface area contributed by atoms with Crippen LogP contribution in [-0.2, 0) is 9.53 Å². The molecule has 2 aromatic carbocycles. The van der Waals surface area contributed by atoms with Crippen molar-refractivity contribution in [1.29, 1.82) is 0 Å². The summed E-state index contributed by atoms with van der Waals surface area (Å²) in [6.07, 6.45) is 0. The van der Waals surface area contributed by atoms with Crippen molar-refractivity contribution < 1.29 is 23.8 Å². The summed E-state index contributed by atoms with van der Waals surface area (Å²) in [6.45, 7) is 7.69. The molecule has 6 nitrogen and oxygen atoms in total. The number of ether oxygens (including phenoxy) is 3. The third-order valence-corrected chi connectivity index (χ3v) is 5.98. The molecule has 0 saturated carbocycles. The number of nitrogens with one attached hydrogen (secondary N) is 1. The number of hydrogen-bond donors (Lipinski definition) is 1. The minimum absolute atomic E-state index is 0.173. The van der Waals surface area contributed by atoms with Gasteiger partial charge >= 0.3 is 5.97 Å². The fraction of sp³-hybridized carbons (Fsp3) is 0.280. The molecule has 32 heavy (non-hydrogen) atoms. The van der Waals surface area contributed by atoms with Crippen LogP contribution in [0.3, 0.4) is 0 Å². The molecule has 3 aromatic rings. The fourth-order valence-corrected chi connectivity index (χ4v) is 4.24. The summed E-state index contributed by atoms with van der Waals surface area (Å²) in [5.74, 6) is 0.427. The van der Waals surface area contributed by atoms with E-state index in [4.69, 9.17) is 14.2 Å². The normalized spacial score (nSPS) is 10.5. The first-order chi connectivity index (χ1) is 15.3. The van der Waals surface area contributed by atoms with E-state index >= 15 is 0 Å². The third kappa shape index (κ3) is 5.11. The van der Waals surface area contributed by atoms with Gasteiger partial charge in [-0.15, -0.1) is 11.3 Å². The summed E-state index contributed by atoms with van der Waals surface area (Å²) in [6, 6.07) is 11.4. The zero-order valence-corrected chi connectivity index (χ0v) is 19.7. The number of aryl methyl sites for hydroxylation is 2. The van der Waals surface area contributed by atoms with Crippen LogP contribution in [0.5, 0.6) is 11.5 Å². The first kappa shape index (κ1) is 23.3. The van der Waals surface area contributed by atoms with Gasteiger partial charge in [0.1, 0.15) is 22.1 Å². The summed E-state index contributed by atoms with van der Waals surface area (Å²) in [5, 5.41) is 5.05. The van der Waals surface area contributed by atoms with Gasteiger partial charge in [-0.2, -0.15) is 0 Å². The topological polar surface area (TPSA) is 73.9 Å². The van der Waals surface area contributed by atoms with E-state index in [9.17, 15) is 9.59 Å². The molecule has 0 saturated heterocycles. The van der Waals surface area contributed by atoms with E-state index in [1.165, 1.54) is 11.3 Å². The molecule has 0 unspecified atom stereocenters. The Morgan fingerprint density at radius 2 is 1.81 bits per heavy atom. The molecule has 7 heteroatoms. The summed E-state index contributed by atoms with van der Waals surface area (Å²) in [5.41, 5.74) is 4.81. The second-order valence-electron chi connectivity index (χ2n) is 7.31. The maximum atomic E-state index is 12.8. The average Bonchev–Trinajstić information content (AvgIpc) is 3.18. The van der Waals surface area contributed by atoms with Crippen LogP contribution in [0.1, 0.15) is 34.0 Å². The molecule has 0 aliphatic carbocycles. The quantitative estimate of drug-likeness (QED) is 0.453. The van der Waals surface area contributed by atoms with E-state index in [2.05, 4.69) is 5.32 Å². The van der Waals surface area contributed by atoms with Gasteiger partial charge in [-0.3, -0.25) is 4.79 Å². The van der Waals surface area contributed by atoms with Crippen LogP contribution in [-0.4, -0.2) is 32.2 Å². The maximum absolute atomic E-state index is 12.8. The van der Waals surface area contributed by atoms with E-state index in [1.807, 2.05) is 62.5 Å². The van der Waals surface area contributed by atoms with E-state index in [-0.39, 0.29) is 19.1 Å². The first-order valence-electron chi connectivity index (χ1n) is 10.3. The summed E-state index contributed by atoms with van der Waals surface area (Å²) >= 11 is 1.26. The number of thiophene rings is 1. The highest BCUT2D eigenvalue weighted by atomic mass is 32.1. The van der Waals surface area contributed by atoms with Crippen LogP contribution in [0.15, 0.2) is 41.8 Å². The second kappa shape index (κ2) is 10.3. The Morgan fingerprint density at radius 1 is 1.03 bits per heavy atom.